The summed E-state index contributed by atoms with van der Waals surface area (Å²) in [5, 5.41) is 2.60. The maximum atomic E-state index is 11.4. The van der Waals surface area contributed by atoms with Crippen LogP contribution >= 0.6 is 0 Å². The molecule has 0 saturated carbocycles. The van der Waals surface area contributed by atoms with Crippen molar-refractivity contribution in [3.05, 3.63) is 36.3 Å². The van der Waals surface area contributed by atoms with E-state index in [2.05, 4.69) is 10.1 Å². The summed E-state index contributed by atoms with van der Waals surface area (Å²) in [6.07, 6.45) is 3.81. The van der Waals surface area contributed by atoms with Gasteiger partial charge in [-0.1, -0.05) is 0 Å². The first-order valence-corrected chi connectivity index (χ1v) is 5.88. The number of hydrogen-bond acceptors (Lipinski definition) is 6. The number of esters is 2. The van der Waals surface area contributed by atoms with Gasteiger partial charge in [-0.3, -0.25) is 4.79 Å². The topological polar surface area (TPSA) is 94.8 Å². The van der Waals surface area contributed by atoms with E-state index in [1.54, 1.807) is 12.1 Å². The van der Waals surface area contributed by atoms with Crippen LogP contribution in [0.1, 0.15) is 17.0 Å². The highest BCUT2D eigenvalue weighted by molar-refractivity contribution is 5.92. The average Bonchev–Trinajstić information content (AvgIpc) is 2.98. The first-order chi connectivity index (χ1) is 9.63. The van der Waals surface area contributed by atoms with E-state index in [0.717, 1.165) is 12.2 Å². The van der Waals surface area contributed by atoms with Gasteiger partial charge < -0.3 is 19.2 Å². The van der Waals surface area contributed by atoms with Gasteiger partial charge in [-0.05, 0) is 18.6 Å². The minimum Gasteiger partial charge on any atom is -0.466 e. The quantitative estimate of drug-likeness (QED) is 0.448. The maximum Gasteiger partial charge on any atom is 0.331 e. The van der Waals surface area contributed by atoms with Crippen molar-refractivity contribution in [2.45, 2.75) is 6.42 Å². The number of furan rings is 1. The van der Waals surface area contributed by atoms with E-state index in [1.807, 2.05) is 0 Å². The molecule has 0 aromatic carbocycles. The number of rotatable bonds is 7. The van der Waals surface area contributed by atoms with Crippen LogP contribution in [-0.4, -0.2) is 38.1 Å². The van der Waals surface area contributed by atoms with Crippen LogP contribution in [0, 0.1) is 0 Å². The zero-order valence-electron chi connectivity index (χ0n) is 11.0. The molecule has 1 amide bonds. The summed E-state index contributed by atoms with van der Waals surface area (Å²) >= 11 is 0. The van der Waals surface area contributed by atoms with E-state index in [4.69, 9.17) is 9.15 Å². The van der Waals surface area contributed by atoms with Crippen LogP contribution in [-0.2, 0) is 19.1 Å². The summed E-state index contributed by atoms with van der Waals surface area (Å²) in [5.41, 5.74) is 0. The molecule has 1 N–H and O–H groups in total. The smallest absolute Gasteiger partial charge is 0.331 e. The Hall–Kier alpha value is -2.57. The molecule has 0 fully saturated rings. The Morgan fingerprint density at radius 2 is 2.05 bits per heavy atom. The van der Waals surface area contributed by atoms with Crippen molar-refractivity contribution in [1.82, 2.24) is 5.32 Å². The van der Waals surface area contributed by atoms with Crippen molar-refractivity contribution in [1.29, 1.82) is 0 Å². The molecule has 108 valence electrons. The first kappa shape index (κ1) is 15.5. The second-order valence-corrected chi connectivity index (χ2v) is 3.61. The van der Waals surface area contributed by atoms with Gasteiger partial charge in [0.05, 0.1) is 20.0 Å². The largest absolute Gasteiger partial charge is 0.466 e. The van der Waals surface area contributed by atoms with E-state index in [9.17, 15) is 14.4 Å². The van der Waals surface area contributed by atoms with Crippen LogP contribution in [0.3, 0.4) is 0 Å². The average molecular weight is 281 g/mol. The minimum absolute atomic E-state index is 0.128. The van der Waals surface area contributed by atoms with Gasteiger partial charge in [0, 0.05) is 18.7 Å². The van der Waals surface area contributed by atoms with E-state index >= 15 is 0 Å². The molecule has 0 aliphatic rings. The van der Waals surface area contributed by atoms with Crippen molar-refractivity contribution in [3.63, 3.8) is 0 Å². The highest BCUT2D eigenvalue weighted by Gasteiger charge is 2.06. The number of carbonyl (C=O) groups is 3. The molecule has 1 aromatic rings. The molecule has 7 nitrogen and oxygen atoms in total. The van der Waals surface area contributed by atoms with Crippen molar-refractivity contribution in [3.8, 4) is 0 Å². The third kappa shape index (κ3) is 5.85. The van der Waals surface area contributed by atoms with Gasteiger partial charge in [-0.25, -0.2) is 9.59 Å². The zero-order valence-corrected chi connectivity index (χ0v) is 11.0. The fourth-order valence-electron chi connectivity index (χ4n) is 1.19. The molecule has 0 spiro atoms. The molecule has 1 rings (SSSR count). The van der Waals surface area contributed by atoms with Gasteiger partial charge in [0.25, 0.3) is 5.91 Å². The normalized spacial score (nSPS) is 10.2. The van der Waals surface area contributed by atoms with Gasteiger partial charge in [-0.15, -0.1) is 0 Å². The highest BCUT2D eigenvalue weighted by atomic mass is 16.5. The molecule has 1 heterocycles. The lowest BCUT2D eigenvalue weighted by molar-refractivity contribution is -0.139. The number of nitrogens with one attached hydrogen (secondary N) is 1. The zero-order chi connectivity index (χ0) is 14.8. The lowest BCUT2D eigenvalue weighted by atomic mass is 10.4. The predicted octanol–water partition coefficient (Wildman–Crippen LogP) is 0.672. The van der Waals surface area contributed by atoms with E-state index in [-0.39, 0.29) is 18.3 Å². The minimum atomic E-state index is -0.646. The Bertz CT molecular complexity index is 477. The summed E-state index contributed by atoms with van der Waals surface area (Å²) in [6, 6.07) is 3.16. The Kier molecular flexibility index (Phi) is 6.60. The molecule has 1 aromatic heterocycles. The first-order valence-electron chi connectivity index (χ1n) is 5.88. The van der Waals surface area contributed by atoms with Crippen LogP contribution in [0.5, 0.6) is 0 Å². The Morgan fingerprint density at radius 3 is 2.70 bits per heavy atom. The highest BCUT2D eigenvalue weighted by Crippen LogP contribution is 1.98. The third-order valence-corrected chi connectivity index (χ3v) is 2.15. The van der Waals surface area contributed by atoms with Crippen LogP contribution in [0.25, 0.3) is 0 Å². The molecule has 0 radical (unpaired) electrons. The molecule has 7 heteroatoms. The molecule has 0 aliphatic carbocycles. The number of methoxy groups -OCH3 is 1. The molecular formula is C13H15NO6. The Morgan fingerprint density at radius 1 is 1.30 bits per heavy atom. The van der Waals surface area contributed by atoms with E-state index < -0.39 is 11.9 Å². The van der Waals surface area contributed by atoms with E-state index in [0.29, 0.717) is 13.0 Å². The third-order valence-electron chi connectivity index (χ3n) is 2.15. The van der Waals surface area contributed by atoms with Gasteiger partial charge >= 0.3 is 11.9 Å². The fourth-order valence-corrected chi connectivity index (χ4v) is 1.19. The second-order valence-electron chi connectivity index (χ2n) is 3.61. The SMILES string of the molecule is COC(=O)/C=C/C(=O)OCCCNC(=O)c1ccco1. The molecule has 0 unspecified atom stereocenters. The Labute approximate surface area is 115 Å². The van der Waals surface area contributed by atoms with Crippen molar-refractivity contribution < 1.29 is 28.3 Å². The molecular weight excluding hydrogens is 266 g/mol. The number of carbonyl (C=O) groups excluding carboxylic acids is 3. The van der Waals surface area contributed by atoms with Crippen molar-refractivity contribution in [2.75, 3.05) is 20.3 Å². The molecule has 0 bridgehead atoms. The molecule has 0 aliphatic heterocycles. The van der Waals surface area contributed by atoms with Gasteiger partial charge in [-0.2, -0.15) is 0 Å². The van der Waals surface area contributed by atoms with Gasteiger partial charge in [0.15, 0.2) is 5.76 Å². The van der Waals surface area contributed by atoms with E-state index in [1.165, 1.54) is 13.4 Å². The summed E-state index contributed by atoms with van der Waals surface area (Å²) in [5.74, 6) is -1.38. The lowest BCUT2D eigenvalue weighted by Crippen LogP contribution is -2.25. The van der Waals surface area contributed by atoms with Gasteiger partial charge in [0.1, 0.15) is 0 Å². The van der Waals surface area contributed by atoms with Crippen molar-refractivity contribution >= 4 is 17.8 Å². The molecule has 0 atom stereocenters. The van der Waals surface area contributed by atoms with Crippen LogP contribution in [0.15, 0.2) is 35.0 Å². The Balaban J connectivity index is 2.10. The maximum absolute atomic E-state index is 11.4. The number of amides is 1. The standard InChI is InChI=1S/C13H15NO6/c1-18-11(15)5-6-12(16)20-9-3-7-14-13(17)10-4-2-8-19-10/h2,4-6,8H,3,7,9H2,1H3,(H,14,17)/b6-5+. The second kappa shape index (κ2) is 8.52. The molecule has 20 heavy (non-hydrogen) atoms. The predicted molar refractivity (Wildman–Crippen MR) is 67.8 cm³/mol. The van der Waals surface area contributed by atoms with Crippen molar-refractivity contribution in [2.24, 2.45) is 0 Å². The summed E-state index contributed by atoms with van der Waals surface area (Å²) in [4.78, 5) is 33.3. The summed E-state index contributed by atoms with van der Waals surface area (Å²) < 4.78 is 14.0. The lowest BCUT2D eigenvalue weighted by Gasteiger charge is -2.03. The van der Waals surface area contributed by atoms with Gasteiger partial charge in [0.2, 0.25) is 0 Å². The number of ether oxygens (including phenoxy) is 2. The van der Waals surface area contributed by atoms with Crippen LogP contribution in [0.2, 0.25) is 0 Å². The monoisotopic (exact) mass is 281 g/mol. The number of hydrogen-bond donors (Lipinski definition) is 1. The van der Waals surface area contributed by atoms with Crippen LogP contribution < -0.4 is 5.32 Å². The molecule has 0 saturated heterocycles. The van der Waals surface area contributed by atoms with Crippen LogP contribution in [0.4, 0.5) is 0 Å². The summed E-state index contributed by atoms with van der Waals surface area (Å²) in [6.45, 7) is 0.469. The fraction of sp³-hybridized carbons (Fsp3) is 0.308. The summed E-state index contributed by atoms with van der Waals surface area (Å²) in [7, 11) is 1.21.